The molecule has 0 fully saturated rings. The maximum Gasteiger partial charge on any atom is 0.332 e. The van der Waals surface area contributed by atoms with Gasteiger partial charge in [-0.2, -0.15) is 4.98 Å². The standard InChI is InChI=1S/C20H16ClN5O3/c1-23-17-16(18(27)24(2)20(23)28)26-11-15(12-5-7-13(21)8-6-12)25(19(26)22-17)10-14-4-3-9-29-14/h3-9,11H,10H2,1-2H3. The molecular weight excluding hydrogens is 394 g/mol. The summed E-state index contributed by atoms with van der Waals surface area (Å²) in [5.41, 5.74) is 1.63. The minimum atomic E-state index is -0.418. The molecule has 0 radical (unpaired) electrons. The average molecular weight is 410 g/mol. The van der Waals surface area contributed by atoms with Crippen LogP contribution in [0.3, 0.4) is 0 Å². The number of aromatic nitrogens is 5. The van der Waals surface area contributed by atoms with Gasteiger partial charge in [-0.1, -0.05) is 23.7 Å². The van der Waals surface area contributed by atoms with E-state index in [1.807, 2.05) is 47.2 Å². The Balaban J connectivity index is 1.88. The van der Waals surface area contributed by atoms with Crippen molar-refractivity contribution in [3.63, 3.8) is 0 Å². The van der Waals surface area contributed by atoms with Gasteiger partial charge in [0.2, 0.25) is 5.78 Å². The fourth-order valence-electron chi connectivity index (χ4n) is 3.58. The van der Waals surface area contributed by atoms with Crippen LogP contribution in [0.15, 0.2) is 62.9 Å². The van der Waals surface area contributed by atoms with Crippen LogP contribution in [-0.2, 0) is 20.6 Å². The summed E-state index contributed by atoms with van der Waals surface area (Å²) in [6.45, 7) is 0.416. The van der Waals surface area contributed by atoms with E-state index in [0.29, 0.717) is 28.5 Å². The molecule has 5 aromatic rings. The summed E-state index contributed by atoms with van der Waals surface area (Å²) in [5, 5.41) is 0.636. The Bertz CT molecular complexity index is 1480. The van der Waals surface area contributed by atoms with Crippen LogP contribution in [0.25, 0.3) is 28.2 Å². The van der Waals surface area contributed by atoms with E-state index >= 15 is 0 Å². The van der Waals surface area contributed by atoms with E-state index in [-0.39, 0.29) is 0 Å². The molecule has 0 saturated heterocycles. The quantitative estimate of drug-likeness (QED) is 0.459. The van der Waals surface area contributed by atoms with E-state index in [4.69, 9.17) is 16.0 Å². The zero-order chi connectivity index (χ0) is 20.3. The fraction of sp³-hybridized carbons (Fsp3) is 0.150. The molecule has 0 bridgehead atoms. The van der Waals surface area contributed by atoms with Gasteiger partial charge in [-0.15, -0.1) is 0 Å². The van der Waals surface area contributed by atoms with E-state index in [2.05, 4.69) is 4.98 Å². The molecule has 5 rings (SSSR count). The fourth-order valence-corrected chi connectivity index (χ4v) is 3.71. The first-order valence-corrected chi connectivity index (χ1v) is 9.29. The van der Waals surface area contributed by atoms with Crippen LogP contribution in [-0.4, -0.2) is 23.1 Å². The van der Waals surface area contributed by atoms with Crippen molar-refractivity contribution in [1.29, 1.82) is 0 Å². The van der Waals surface area contributed by atoms with Crippen molar-refractivity contribution in [3.05, 3.63) is 80.5 Å². The van der Waals surface area contributed by atoms with Gasteiger partial charge in [0.1, 0.15) is 5.76 Å². The second-order valence-corrected chi connectivity index (χ2v) is 7.28. The Morgan fingerprint density at radius 3 is 2.52 bits per heavy atom. The first-order valence-electron chi connectivity index (χ1n) is 8.91. The van der Waals surface area contributed by atoms with Crippen LogP contribution in [0.5, 0.6) is 0 Å². The maximum absolute atomic E-state index is 12.8. The normalized spacial score (nSPS) is 11.7. The number of imidazole rings is 2. The molecule has 0 aliphatic rings. The molecule has 0 amide bonds. The lowest BCUT2D eigenvalue weighted by Crippen LogP contribution is -2.37. The lowest BCUT2D eigenvalue weighted by Gasteiger charge is -2.07. The summed E-state index contributed by atoms with van der Waals surface area (Å²) in [6, 6.07) is 11.1. The minimum absolute atomic E-state index is 0.337. The Morgan fingerprint density at radius 1 is 1.07 bits per heavy atom. The van der Waals surface area contributed by atoms with Gasteiger partial charge in [0.05, 0.1) is 18.5 Å². The van der Waals surface area contributed by atoms with Crippen LogP contribution in [0, 0.1) is 0 Å². The number of halogens is 1. The Labute approximate surface area is 168 Å². The number of furan rings is 1. The van der Waals surface area contributed by atoms with Crippen molar-refractivity contribution in [3.8, 4) is 11.3 Å². The number of rotatable bonds is 3. The molecule has 0 atom stereocenters. The molecular formula is C20H16ClN5O3. The Hall–Kier alpha value is -3.52. The predicted molar refractivity (Wildman–Crippen MR) is 109 cm³/mol. The summed E-state index contributed by atoms with van der Waals surface area (Å²) in [7, 11) is 3.07. The monoisotopic (exact) mass is 409 g/mol. The summed E-state index contributed by atoms with van der Waals surface area (Å²) < 4.78 is 11.7. The molecule has 8 nitrogen and oxygen atoms in total. The van der Waals surface area contributed by atoms with Gasteiger partial charge < -0.3 is 8.98 Å². The van der Waals surface area contributed by atoms with Crippen LogP contribution in [0.2, 0.25) is 5.02 Å². The molecule has 0 spiro atoms. The van der Waals surface area contributed by atoms with Crippen LogP contribution in [0.1, 0.15) is 5.76 Å². The van der Waals surface area contributed by atoms with Crippen LogP contribution in [0.4, 0.5) is 0 Å². The average Bonchev–Trinajstić information content (AvgIpc) is 3.42. The summed E-state index contributed by atoms with van der Waals surface area (Å²) in [6.07, 6.45) is 3.46. The molecule has 0 unspecified atom stereocenters. The second kappa shape index (κ2) is 6.25. The molecule has 29 heavy (non-hydrogen) atoms. The summed E-state index contributed by atoms with van der Waals surface area (Å²) in [4.78, 5) is 29.8. The lowest BCUT2D eigenvalue weighted by atomic mass is 10.1. The number of hydrogen-bond donors (Lipinski definition) is 0. The van der Waals surface area contributed by atoms with Gasteiger partial charge >= 0.3 is 5.69 Å². The number of benzene rings is 1. The SMILES string of the molecule is Cn1c(=O)c2c(nc3n(Cc4ccco4)c(-c4ccc(Cl)cc4)cn23)n(C)c1=O. The summed E-state index contributed by atoms with van der Waals surface area (Å²) >= 11 is 6.04. The zero-order valence-electron chi connectivity index (χ0n) is 15.7. The van der Waals surface area contributed by atoms with E-state index in [9.17, 15) is 9.59 Å². The molecule has 9 heteroatoms. The van der Waals surface area contributed by atoms with Crippen molar-refractivity contribution < 1.29 is 4.42 Å². The molecule has 0 aliphatic heterocycles. The molecule has 0 N–H and O–H groups in total. The van der Waals surface area contributed by atoms with Crippen molar-refractivity contribution >= 4 is 28.5 Å². The highest BCUT2D eigenvalue weighted by Crippen LogP contribution is 2.27. The maximum atomic E-state index is 12.8. The van der Waals surface area contributed by atoms with Crippen molar-refractivity contribution in [2.75, 3.05) is 0 Å². The van der Waals surface area contributed by atoms with Gasteiger partial charge in [0.25, 0.3) is 5.56 Å². The van der Waals surface area contributed by atoms with E-state index in [1.165, 1.54) is 11.6 Å². The van der Waals surface area contributed by atoms with Crippen molar-refractivity contribution in [2.24, 2.45) is 14.1 Å². The molecule has 4 heterocycles. The molecule has 146 valence electrons. The van der Waals surface area contributed by atoms with Gasteiger partial charge in [0.15, 0.2) is 11.2 Å². The number of nitrogens with zero attached hydrogens (tertiary/aromatic N) is 5. The first-order chi connectivity index (χ1) is 14.0. The van der Waals surface area contributed by atoms with E-state index < -0.39 is 11.2 Å². The number of fused-ring (bicyclic) bond motifs is 3. The first kappa shape index (κ1) is 17.6. The third-order valence-corrected chi connectivity index (χ3v) is 5.34. The Kier molecular flexibility index (Phi) is 3.78. The van der Waals surface area contributed by atoms with Gasteiger partial charge in [-0.25, -0.2) is 4.79 Å². The third kappa shape index (κ3) is 2.56. The highest BCUT2D eigenvalue weighted by Gasteiger charge is 2.21. The molecule has 4 aromatic heterocycles. The van der Waals surface area contributed by atoms with Gasteiger partial charge in [0, 0.05) is 25.3 Å². The largest absolute Gasteiger partial charge is 0.467 e. The smallest absolute Gasteiger partial charge is 0.332 e. The number of aryl methyl sites for hydroxylation is 1. The lowest BCUT2D eigenvalue weighted by molar-refractivity contribution is 0.497. The van der Waals surface area contributed by atoms with Crippen molar-refractivity contribution in [2.45, 2.75) is 6.54 Å². The second-order valence-electron chi connectivity index (χ2n) is 6.85. The van der Waals surface area contributed by atoms with E-state index in [1.54, 1.807) is 17.7 Å². The van der Waals surface area contributed by atoms with Crippen LogP contribution >= 0.6 is 11.6 Å². The summed E-state index contributed by atoms with van der Waals surface area (Å²) in [5.74, 6) is 1.28. The van der Waals surface area contributed by atoms with Crippen molar-refractivity contribution in [1.82, 2.24) is 23.1 Å². The predicted octanol–water partition coefficient (Wildman–Crippen LogP) is 2.65. The zero-order valence-corrected chi connectivity index (χ0v) is 16.4. The highest BCUT2D eigenvalue weighted by molar-refractivity contribution is 6.30. The highest BCUT2D eigenvalue weighted by atomic mass is 35.5. The minimum Gasteiger partial charge on any atom is -0.467 e. The van der Waals surface area contributed by atoms with Gasteiger partial charge in [-0.05, 0) is 29.8 Å². The molecule has 0 saturated carbocycles. The molecule has 0 aliphatic carbocycles. The van der Waals surface area contributed by atoms with Gasteiger partial charge in [-0.3, -0.25) is 18.3 Å². The third-order valence-electron chi connectivity index (χ3n) is 5.09. The molecule has 1 aromatic carbocycles. The Morgan fingerprint density at radius 2 is 1.83 bits per heavy atom. The van der Waals surface area contributed by atoms with Crippen LogP contribution < -0.4 is 11.2 Å². The van der Waals surface area contributed by atoms with E-state index in [0.717, 1.165) is 21.6 Å². The topological polar surface area (TPSA) is 79.4 Å². The number of hydrogen-bond acceptors (Lipinski definition) is 4.